The summed E-state index contributed by atoms with van der Waals surface area (Å²) in [7, 11) is -2.46. The van der Waals surface area contributed by atoms with Gasteiger partial charge in [0.25, 0.3) is 0 Å². The van der Waals surface area contributed by atoms with Crippen LogP contribution in [0, 0.1) is 0 Å². The Labute approximate surface area is 328 Å². The first-order valence-corrected chi connectivity index (χ1v) is 22.2. The Hall–Kier alpha value is -3.23. The van der Waals surface area contributed by atoms with Crippen molar-refractivity contribution in [2.45, 2.75) is 141 Å². The Bertz CT molecular complexity index is 1600. The van der Waals surface area contributed by atoms with Gasteiger partial charge in [-0.2, -0.15) is 0 Å². The molecular weight excluding hydrogens is 717 g/mol. The molecule has 0 saturated carbocycles. The van der Waals surface area contributed by atoms with Gasteiger partial charge < -0.3 is 42.3 Å². The van der Waals surface area contributed by atoms with Crippen LogP contribution in [0.5, 0.6) is 0 Å². The molecule has 2 fully saturated rings. The van der Waals surface area contributed by atoms with Crippen molar-refractivity contribution >= 4 is 14.3 Å². The lowest BCUT2D eigenvalue weighted by Gasteiger charge is -2.51. The normalized spacial score (nSPS) is 28.7. The highest BCUT2D eigenvalue weighted by Gasteiger charge is 2.55. The van der Waals surface area contributed by atoms with Crippen LogP contribution in [0.2, 0.25) is 18.1 Å². The van der Waals surface area contributed by atoms with Gasteiger partial charge in [-0.05, 0) is 48.7 Å². The lowest BCUT2D eigenvalue weighted by atomic mass is 9.96. The number of carbonyl (C=O) groups is 1. The Morgan fingerprint density at radius 2 is 1.07 bits per heavy atom. The minimum atomic E-state index is -2.46. The largest absolute Gasteiger partial charge is 0.454 e. The molecule has 10 nitrogen and oxygen atoms in total. The summed E-state index contributed by atoms with van der Waals surface area (Å²) >= 11 is 0. The molecule has 55 heavy (non-hydrogen) atoms. The lowest BCUT2D eigenvalue weighted by molar-refractivity contribution is -0.365. The fourth-order valence-corrected chi connectivity index (χ4v) is 7.68. The number of hydrogen-bond donors (Lipinski definition) is 0. The number of hydrogen-bond acceptors (Lipinski definition) is 10. The summed E-state index contributed by atoms with van der Waals surface area (Å²) in [6.07, 6.45) is -5.87. The van der Waals surface area contributed by atoms with Crippen LogP contribution in [0.15, 0.2) is 104 Å². The summed E-state index contributed by atoms with van der Waals surface area (Å²) < 4.78 is 59.8. The van der Waals surface area contributed by atoms with Gasteiger partial charge in [-0.15, -0.1) is 6.58 Å². The van der Waals surface area contributed by atoms with Crippen LogP contribution in [-0.2, 0) is 66.9 Å². The fourth-order valence-electron chi connectivity index (χ4n) is 6.55. The van der Waals surface area contributed by atoms with Crippen LogP contribution in [0.25, 0.3) is 0 Å². The van der Waals surface area contributed by atoms with E-state index in [4.69, 9.17) is 42.3 Å². The van der Waals surface area contributed by atoms with Crippen molar-refractivity contribution in [2.75, 3.05) is 6.61 Å². The number of carbonyl (C=O) groups excluding carboxylic acids is 1. The smallest absolute Gasteiger partial charge is 0.303 e. The molecule has 2 aliphatic heterocycles. The summed E-state index contributed by atoms with van der Waals surface area (Å²) in [6, 6.07) is 29.8. The van der Waals surface area contributed by atoms with Crippen molar-refractivity contribution in [3.63, 3.8) is 0 Å². The molecule has 0 unspecified atom stereocenters. The summed E-state index contributed by atoms with van der Waals surface area (Å²) in [4.78, 5) is 12.8. The second-order valence-electron chi connectivity index (χ2n) is 15.8. The van der Waals surface area contributed by atoms with Crippen LogP contribution in [-0.4, -0.2) is 82.3 Å². The van der Waals surface area contributed by atoms with E-state index in [1.165, 1.54) is 6.92 Å². The fraction of sp³-hybridized carbons (Fsp3) is 0.523. The molecule has 0 aromatic heterocycles. The predicted octanol–water partition coefficient (Wildman–Crippen LogP) is 8.14. The number of benzene rings is 3. The zero-order valence-corrected chi connectivity index (χ0v) is 34.6. The molecule has 0 amide bonds. The zero-order chi connectivity index (χ0) is 39.6. The molecule has 2 aliphatic rings. The number of rotatable bonds is 17. The van der Waals surface area contributed by atoms with Gasteiger partial charge >= 0.3 is 5.97 Å². The first kappa shape index (κ1) is 42.9. The third kappa shape index (κ3) is 11.7. The minimum Gasteiger partial charge on any atom is -0.454 e. The molecule has 0 spiro atoms. The van der Waals surface area contributed by atoms with Crippen LogP contribution in [0.4, 0.5) is 0 Å². The van der Waals surface area contributed by atoms with E-state index in [0.29, 0.717) is 13.2 Å². The second kappa shape index (κ2) is 19.8. The molecule has 2 heterocycles. The third-order valence-corrected chi connectivity index (χ3v) is 15.0. The van der Waals surface area contributed by atoms with E-state index in [2.05, 4.69) is 40.4 Å². The molecule has 10 atom stereocenters. The first-order chi connectivity index (χ1) is 26.3. The summed E-state index contributed by atoms with van der Waals surface area (Å²) in [5.74, 6) is -0.519. The van der Waals surface area contributed by atoms with E-state index in [1.54, 1.807) is 6.08 Å². The quantitative estimate of drug-likeness (QED) is 0.0759. The number of ether oxygens (including phenoxy) is 8. The highest BCUT2D eigenvalue weighted by atomic mass is 28.4. The van der Waals surface area contributed by atoms with Crippen molar-refractivity contribution in [1.82, 2.24) is 0 Å². The maximum absolute atomic E-state index is 12.8. The molecule has 2 saturated heterocycles. The number of esters is 1. The summed E-state index contributed by atoms with van der Waals surface area (Å²) in [5, 5.41) is -0.145. The molecule has 11 heteroatoms. The van der Waals surface area contributed by atoms with E-state index >= 15 is 0 Å². The van der Waals surface area contributed by atoms with Crippen LogP contribution >= 0.6 is 0 Å². The average molecular weight is 777 g/mol. The molecule has 5 rings (SSSR count). The third-order valence-electron chi connectivity index (χ3n) is 10.5. The maximum Gasteiger partial charge on any atom is 0.303 e. The van der Waals surface area contributed by atoms with Gasteiger partial charge in [0.15, 0.2) is 27.0 Å². The van der Waals surface area contributed by atoms with E-state index in [1.807, 2.05) is 105 Å². The molecule has 3 aromatic carbocycles. The highest BCUT2D eigenvalue weighted by Crippen LogP contribution is 2.41. The summed E-state index contributed by atoms with van der Waals surface area (Å²) in [6.45, 7) is 21.1. The van der Waals surface area contributed by atoms with Crippen molar-refractivity contribution in [3.05, 3.63) is 120 Å². The monoisotopic (exact) mass is 776 g/mol. The molecule has 300 valence electrons. The maximum atomic E-state index is 12.8. The van der Waals surface area contributed by atoms with Gasteiger partial charge in [0, 0.05) is 6.92 Å². The van der Waals surface area contributed by atoms with Gasteiger partial charge in [-0.25, -0.2) is 0 Å². The van der Waals surface area contributed by atoms with Crippen LogP contribution in [0.1, 0.15) is 58.2 Å². The predicted molar refractivity (Wildman–Crippen MR) is 212 cm³/mol. The van der Waals surface area contributed by atoms with Gasteiger partial charge in [0.05, 0.1) is 38.6 Å². The van der Waals surface area contributed by atoms with Gasteiger partial charge in [-0.1, -0.05) is 118 Å². The standard InChI is InChI=1S/C44H60O10Si/c1-10-26-46-38-36(47-27-33-20-14-11-15-21-33)30(2)50-42(40(38)52-32(4)45)53-41-39(49-29-35-24-18-13-19-25-35)37(48-28-34-22-16-12-17-23-34)31(3)51-43(41)54-55(8,9)44(5,6)7/h10-25,30-31,36-43H,1,26-29H2,2-9H3/t30-,31-,36-,37-,38+,39+,40-,41-,42+,43+/m1/s1. The van der Waals surface area contributed by atoms with E-state index < -0.39 is 75.7 Å². The Balaban J connectivity index is 1.52. The Morgan fingerprint density at radius 3 is 1.49 bits per heavy atom. The average Bonchev–Trinajstić information content (AvgIpc) is 3.15. The SMILES string of the molecule is C=CCO[C@@H]1[C@@H](OC(C)=O)[C@H](O[C@H]2[C@H](O[Si](C)(C)C(C)(C)C)O[C@H](C)[C@@H](OCc3ccccc3)[C@@H]2OCc2ccccc2)O[C@H](C)[C@H]1OCc1ccccc1. The van der Waals surface area contributed by atoms with E-state index in [9.17, 15) is 4.79 Å². The molecular formula is C44H60O10Si. The van der Waals surface area contributed by atoms with E-state index in [0.717, 1.165) is 16.7 Å². The molecule has 0 N–H and O–H groups in total. The van der Waals surface area contributed by atoms with Crippen LogP contribution < -0.4 is 0 Å². The van der Waals surface area contributed by atoms with Crippen molar-refractivity contribution in [1.29, 1.82) is 0 Å². The second-order valence-corrected chi connectivity index (χ2v) is 20.6. The van der Waals surface area contributed by atoms with E-state index in [-0.39, 0.29) is 18.3 Å². The topological polar surface area (TPSA) is 100 Å². The molecule has 3 aromatic rings. The highest BCUT2D eigenvalue weighted by molar-refractivity contribution is 6.74. The summed E-state index contributed by atoms with van der Waals surface area (Å²) in [5.41, 5.74) is 2.98. The molecule has 0 bridgehead atoms. The Kier molecular flexibility index (Phi) is 15.4. The molecule has 0 aliphatic carbocycles. The van der Waals surface area contributed by atoms with Crippen molar-refractivity contribution in [3.8, 4) is 0 Å². The van der Waals surface area contributed by atoms with Gasteiger partial charge in [0.1, 0.15) is 30.5 Å². The van der Waals surface area contributed by atoms with Crippen molar-refractivity contribution < 1.29 is 47.1 Å². The molecule has 0 radical (unpaired) electrons. The van der Waals surface area contributed by atoms with Gasteiger partial charge in [0.2, 0.25) is 0 Å². The van der Waals surface area contributed by atoms with Crippen molar-refractivity contribution in [2.24, 2.45) is 0 Å². The minimum absolute atomic E-state index is 0.145. The van der Waals surface area contributed by atoms with Crippen LogP contribution in [0.3, 0.4) is 0 Å². The zero-order valence-electron chi connectivity index (χ0n) is 33.6. The lowest BCUT2D eigenvalue weighted by Crippen LogP contribution is -2.66. The first-order valence-electron chi connectivity index (χ1n) is 19.3. The van der Waals surface area contributed by atoms with Gasteiger partial charge in [-0.3, -0.25) is 4.79 Å². The Morgan fingerprint density at radius 1 is 0.655 bits per heavy atom.